The van der Waals surface area contributed by atoms with E-state index in [0.29, 0.717) is 19.8 Å². The van der Waals surface area contributed by atoms with Crippen LogP contribution in [0.4, 0.5) is 0 Å². The van der Waals surface area contributed by atoms with Crippen molar-refractivity contribution in [2.45, 2.75) is 137 Å². The first-order valence-corrected chi connectivity index (χ1v) is 27.3. The van der Waals surface area contributed by atoms with Crippen LogP contribution < -0.4 is 16.4 Å². The highest BCUT2D eigenvalue weighted by Gasteiger charge is 2.44. The van der Waals surface area contributed by atoms with E-state index in [-0.39, 0.29) is 15.1 Å². The van der Waals surface area contributed by atoms with Crippen LogP contribution in [-0.2, 0) is 46.8 Å². The van der Waals surface area contributed by atoms with E-state index in [1.54, 1.807) is 0 Å². The standard InChI is InChI=1S/C39H63B3O6Si3/c1-37(2,3)49(10,11)43-28-31-16-22-34(23-17-31)40-46-41(35-24-18-32(19-25-35)29-44-50(12,13)38(4,5)6)48-42(47-40)36-26-20-33(21-27-36)30-45-51(14,15)39(7,8)9/h16-27H,28-30H2,1-15H3. The Morgan fingerprint density at radius 2 is 0.588 bits per heavy atom. The third-order valence-electron chi connectivity index (χ3n) is 11.7. The largest absolute Gasteiger partial charge is 0.467 e. The Kier molecular flexibility index (Phi) is 13.1. The molecule has 0 N–H and O–H groups in total. The van der Waals surface area contributed by atoms with Gasteiger partial charge in [0.05, 0.1) is 19.8 Å². The summed E-state index contributed by atoms with van der Waals surface area (Å²) in [5.41, 5.74) is 6.20. The summed E-state index contributed by atoms with van der Waals surface area (Å²) in [6.07, 6.45) is 0. The maximum atomic E-state index is 6.53. The van der Waals surface area contributed by atoms with Gasteiger partial charge in [0.25, 0.3) is 0 Å². The molecular formula is C39H63B3O6Si3. The van der Waals surface area contributed by atoms with Crippen molar-refractivity contribution in [3.05, 3.63) is 89.5 Å². The monoisotopic (exact) mass is 744 g/mol. The summed E-state index contributed by atoms with van der Waals surface area (Å²) in [6.45, 7) is 35.9. The zero-order chi connectivity index (χ0) is 38.0. The fourth-order valence-corrected chi connectivity index (χ4v) is 7.54. The average molecular weight is 745 g/mol. The van der Waals surface area contributed by atoms with Crippen LogP contribution in [0.25, 0.3) is 0 Å². The first-order valence-electron chi connectivity index (χ1n) is 18.5. The lowest BCUT2D eigenvalue weighted by atomic mass is 9.61. The molecule has 0 radical (unpaired) electrons. The summed E-state index contributed by atoms with van der Waals surface area (Å²) in [5.74, 6) is 0. The highest BCUT2D eigenvalue weighted by Crippen LogP contribution is 2.38. The van der Waals surface area contributed by atoms with Gasteiger partial charge in [-0.3, -0.25) is 0 Å². The van der Waals surface area contributed by atoms with E-state index in [1.807, 2.05) is 0 Å². The molecule has 0 spiro atoms. The van der Waals surface area contributed by atoms with Crippen molar-refractivity contribution < 1.29 is 27.0 Å². The number of hydrogen-bond donors (Lipinski definition) is 0. The molecule has 0 aromatic heterocycles. The molecule has 0 aliphatic carbocycles. The third-order valence-corrected chi connectivity index (χ3v) is 25.2. The quantitative estimate of drug-likeness (QED) is 0.173. The van der Waals surface area contributed by atoms with Gasteiger partial charge in [0.15, 0.2) is 25.0 Å². The molecule has 1 heterocycles. The van der Waals surface area contributed by atoms with Crippen LogP contribution in [-0.4, -0.2) is 46.3 Å². The van der Waals surface area contributed by atoms with Gasteiger partial charge in [-0.1, -0.05) is 135 Å². The van der Waals surface area contributed by atoms with Gasteiger partial charge < -0.3 is 27.0 Å². The molecule has 12 heteroatoms. The fourth-order valence-electron chi connectivity index (χ4n) is 4.66. The smallest absolute Gasteiger partial charge is 0.445 e. The zero-order valence-corrected chi connectivity index (χ0v) is 37.2. The van der Waals surface area contributed by atoms with E-state index in [2.05, 4.69) is 174 Å². The molecule has 1 aliphatic rings. The summed E-state index contributed by atoms with van der Waals surface area (Å²) in [7, 11) is -7.43. The van der Waals surface area contributed by atoms with Crippen LogP contribution in [0.15, 0.2) is 72.8 Å². The van der Waals surface area contributed by atoms with Gasteiger partial charge in [0.2, 0.25) is 0 Å². The minimum atomic E-state index is -1.86. The summed E-state index contributed by atoms with van der Waals surface area (Å²) < 4.78 is 39.0. The van der Waals surface area contributed by atoms with Crippen LogP contribution in [0.3, 0.4) is 0 Å². The second-order valence-corrected chi connectivity index (χ2v) is 33.2. The van der Waals surface area contributed by atoms with Crippen molar-refractivity contribution in [1.82, 2.24) is 0 Å². The van der Waals surface area contributed by atoms with Crippen LogP contribution >= 0.6 is 0 Å². The normalized spacial score (nSPS) is 15.5. The summed E-state index contributed by atoms with van der Waals surface area (Å²) in [5, 5.41) is 0.478. The molecule has 0 amide bonds. The summed E-state index contributed by atoms with van der Waals surface area (Å²) in [4.78, 5) is 0. The number of hydrogen-bond acceptors (Lipinski definition) is 6. The first kappa shape index (κ1) is 42.0. The lowest BCUT2D eigenvalue weighted by Crippen LogP contribution is -2.61. The topological polar surface area (TPSA) is 55.4 Å². The van der Waals surface area contributed by atoms with Gasteiger partial charge in [0, 0.05) is 0 Å². The molecular weight excluding hydrogens is 681 g/mol. The second kappa shape index (κ2) is 15.9. The Labute approximate surface area is 314 Å². The highest BCUT2D eigenvalue weighted by molar-refractivity contribution is 6.87. The predicted molar refractivity (Wildman–Crippen MR) is 225 cm³/mol. The molecule has 0 bridgehead atoms. The molecule has 6 nitrogen and oxygen atoms in total. The maximum absolute atomic E-state index is 6.53. The van der Waals surface area contributed by atoms with Crippen LogP contribution in [0.2, 0.25) is 54.4 Å². The molecule has 0 unspecified atom stereocenters. The molecule has 276 valence electrons. The molecule has 1 aliphatic heterocycles. The molecule has 1 saturated heterocycles. The van der Waals surface area contributed by atoms with Crippen molar-refractivity contribution >= 4 is 62.7 Å². The van der Waals surface area contributed by atoms with E-state index in [0.717, 1.165) is 33.1 Å². The van der Waals surface area contributed by atoms with Gasteiger partial charge in [-0.05, 0) is 87.5 Å². The Morgan fingerprint density at radius 1 is 0.392 bits per heavy atom. The van der Waals surface area contributed by atoms with E-state index < -0.39 is 46.3 Å². The predicted octanol–water partition coefficient (Wildman–Crippen LogP) is 8.80. The van der Waals surface area contributed by atoms with Crippen molar-refractivity contribution in [3.63, 3.8) is 0 Å². The first-order chi connectivity index (χ1) is 23.4. The van der Waals surface area contributed by atoms with E-state index in [1.165, 1.54) is 0 Å². The van der Waals surface area contributed by atoms with Gasteiger partial charge in [0.1, 0.15) is 0 Å². The van der Waals surface area contributed by atoms with Gasteiger partial charge in [-0.15, -0.1) is 0 Å². The van der Waals surface area contributed by atoms with E-state index in [4.69, 9.17) is 27.0 Å². The van der Waals surface area contributed by atoms with Crippen LogP contribution in [0.1, 0.15) is 79.0 Å². The molecule has 3 aromatic carbocycles. The third kappa shape index (κ3) is 10.9. The summed E-state index contributed by atoms with van der Waals surface area (Å²) >= 11 is 0. The Hall–Kier alpha value is -1.73. The van der Waals surface area contributed by atoms with Gasteiger partial charge >= 0.3 is 21.4 Å². The number of rotatable bonds is 12. The Bertz CT molecular complexity index is 1370. The highest BCUT2D eigenvalue weighted by atomic mass is 28.4. The zero-order valence-electron chi connectivity index (χ0n) is 34.2. The second-order valence-electron chi connectivity index (χ2n) is 18.8. The lowest BCUT2D eigenvalue weighted by molar-refractivity contribution is 0.276. The van der Waals surface area contributed by atoms with E-state index >= 15 is 0 Å². The van der Waals surface area contributed by atoms with Crippen molar-refractivity contribution in [1.29, 1.82) is 0 Å². The Balaban J connectivity index is 1.54. The molecule has 51 heavy (non-hydrogen) atoms. The molecule has 0 atom stereocenters. The van der Waals surface area contributed by atoms with Crippen molar-refractivity contribution in [3.8, 4) is 0 Å². The van der Waals surface area contributed by atoms with Crippen molar-refractivity contribution in [2.24, 2.45) is 0 Å². The minimum Gasteiger partial charge on any atom is -0.445 e. The summed E-state index contributed by atoms with van der Waals surface area (Å²) in [6, 6.07) is 25.2. The van der Waals surface area contributed by atoms with Crippen LogP contribution in [0, 0.1) is 0 Å². The van der Waals surface area contributed by atoms with Gasteiger partial charge in [-0.25, -0.2) is 0 Å². The Morgan fingerprint density at radius 3 is 0.765 bits per heavy atom. The molecule has 4 rings (SSSR count). The lowest BCUT2D eigenvalue weighted by Gasteiger charge is -2.36. The van der Waals surface area contributed by atoms with Crippen molar-refractivity contribution in [2.75, 3.05) is 0 Å². The van der Waals surface area contributed by atoms with Gasteiger partial charge in [-0.2, -0.15) is 0 Å². The SMILES string of the molecule is CC(C)(C)[Si](C)(C)OCc1ccc(B2OB(c3ccc(CO[Si](C)(C)C(C)(C)C)cc3)OB(c3ccc(CO[Si](C)(C)C(C)(C)C)cc3)O2)cc1. The molecule has 1 fully saturated rings. The molecule has 3 aromatic rings. The maximum Gasteiger partial charge on any atom is 0.467 e. The fraction of sp³-hybridized carbons (Fsp3) is 0.538. The van der Waals surface area contributed by atoms with Crippen LogP contribution in [0.5, 0.6) is 0 Å². The minimum absolute atomic E-state index is 0.159. The number of benzene rings is 3. The van der Waals surface area contributed by atoms with E-state index in [9.17, 15) is 0 Å². The average Bonchev–Trinajstić information content (AvgIpc) is 3.04. The molecule has 0 saturated carbocycles.